The number of rotatable bonds is 3. The smallest absolute Gasteiger partial charge is 0.257 e. The molecule has 0 N–H and O–H groups in total. The molecule has 2 aromatic carbocycles. The normalized spacial score (nSPS) is 14.7. The Morgan fingerprint density at radius 1 is 0.933 bits per heavy atom. The molecule has 1 saturated heterocycles. The molecule has 5 nitrogen and oxygen atoms in total. The first-order valence-corrected chi connectivity index (χ1v) is 9.71. The molecule has 0 bridgehead atoms. The Bertz CT molecular complexity index is 1060. The van der Waals surface area contributed by atoms with Gasteiger partial charge >= 0.3 is 0 Å². The van der Waals surface area contributed by atoms with E-state index in [0.717, 1.165) is 30.8 Å². The minimum atomic E-state index is -0.763. The molecule has 0 radical (unpaired) electrons. The fourth-order valence-corrected chi connectivity index (χ4v) is 3.73. The summed E-state index contributed by atoms with van der Waals surface area (Å²) < 4.78 is 42.3. The molecule has 4 rings (SSSR count). The van der Waals surface area contributed by atoms with Crippen molar-refractivity contribution in [3.05, 3.63) is 71.7 Å². The topological polar surface area (TPSA) is 41.4 Å². The summed E-state index contributed by atoms with van der Waals surface area (Å²) in [4.78, 5) is 17.1. The van der Waals surface area contributed by atoms with E-state index >= 15 is 0 Å². The number of aromatic nitrogens is 2. The molecule has 156 valence electrons. The first-order chi connectivity index (χ1) is 14.4. The van der Waals surface area contributed by atoms with Gasteiger partial charge in [0, 0.05) is 56.7 Å². The van der Waals surface area contributed by atoms with Crippen molar-refractivity contribution in [3.63, 3.8) is 0 Å². The zero-order valence-corrected chi connectivity index (χ0v) is 16.5. The number of carbonyl (C=O) groups is 1. The second-order valence-electron chi connectivity index (χ2n) is 7.30. The van der Waals surface area contributed by atoms with Gasteiger partial charge in [0.2, 0.25) is 0 Å². The third-order valence-corrected chi connectivity index (χ3v) is 5.22. The lowest BCUT2D eigenvalue weighted by atomic mass is 10.1. The van der Waals surface area contributed by atoms with Crippen LogP contribution in [0, 0.1) is 17.5 Å². The first-order valence-electron chi connectivity index (χ1n) is 9.71. The van der Waals surface area contributed by atoms with Crippen molar-refractivity contribution in [2.45, 2.75) is 6.42 Å². The summed E-state index contributed by atoms with van der Waals surface area (Å²) in [5, 5.41) is 4.24. The van der Waals surface area contributed by atoms with E-state index in [2.05, 4.69) is 10.00 Å². The molecule has 30 heavy (non-hydrogen) atoms. The van der Waals surface area contributed by atoms with Crippen LogP contribution in [0.25, 0.3) is 11.3 Å². The van der Waals surface area contributed by atoms with Gasteiger partial charge in [0.15, 0.2) is 0 Å². The average molecular weight is 414 g/mol. The molecule has 3 aromatic rings. The molecule has 0 saturated carbocycles. The summed E-state index contributed by atoms with van der Waals surface area (Å²) in [5.41, 5.74) is 1.46. The van der Waals surface area contributed by atoms with Crippen LogP contribution in [0.1, 0.15) is 16.8 Å². The Balaban J connectivity index is 1.56. The molecule has 1 amide bonds. The zero-order valence-electron chi connectivity index (χ0n) is 16.5. The van der Waals surface area contributed by atoms with Crippen molar-refractivity contribution >= 4 is 11.6 Å². The zero-order chi connectivity index (χ0) is 21.3. The van der Waals surface area contributed by atoms with E-state index in [4.69, 9.17) is 0 Å². The number of aryl methyl sites for hydroxylation is 1. The maximum atomic E-state index is 14.3. The van der Waals surface area contributed by atoms with E-state index in [0.29, 0.717) is 19.6 Å². The van der Waals surface area contributed by atoms with Gasteiger partial charge in [-0.1, -0.05) is 0 Å². The maximum Gasteiger partial charge on any atom is 0.257 e. The number of nitrogens with zero attached hydrogens (tertiary/aromatic N) is 4. The van der Waals surface area contributed by atoms with Gasteiger partial charge in [-0.3, -0.25) is 9.48 Å². The van der Waals surface area contributed by atoms with Crippen molar-refractivity contribution in [3.8, 4) is 11.3 Å². The minimum absolute atomic E-state index is 0.0862. The van der Waals surface area contributed by atoms with Gasteiger partial charge in [-0.15, -0.1) is 0 Å². The number of hydrogen-bond donors (Lipinski definition) is 0. The second kappa shape index (κ2) is 8.22. The molecule has 2 heterocycles. The fourth-order valence-electron chi connectivity index (χ4n) is 3.73. The Morgan fingerprint density at radius 2 is 1.67 bits per heavy atom. The predicted molar refractivity (Wildman–Crippen MR) is 108 cm³/mol. The van der Waals surface area contributed by atoms with Gasteiger partial charge in [-0.25, -0.2) is 13.2 Å². The van der Waals surface area contributed by atoms with Crippen molar-refractivity contribution in [2.75, 3.05) is 31.1 Å². The van der Waals surface area contributed by atoms with Crippen molar-refractivity contribution in [1.82, 2.24) is 14.7 Å². The molecule has 1 fully saturated rings. The standard InChI is InChI=1S/C22H21F3N4O/c1-27-14-19(21(26-27)18-8-5-16(24)13-20(18)25)22(30)29-10-2-9-28(11-12-29)17-6-3-15(23)4-7-17/h3-8,13-14H,2,9-12H2,1H3. The van der Waals surface area contributed by atoms with Gasteiger partial charge in [-0.2, -0.15) is 5.10 Å². The molecule has 1 aliphatic heterocycles. The molecule has 0 atom stereocenters. The second-order valence-corrected chi connectivity index (χ2v) is 7.30. The van der Waals surface area contributed by atoms with E-state index in [1.807, 2.05) is 0 Å². The Hall–Kier alpha value is -3.29. The Kier molecular flexibility index (Phi) is 5.48. The van der Waals surface area contributed by atoms with Gasteiger partial charge in [-0.05, 0) is 42.8 Å². The highest BCUT2D eigenvalue weighted by Crippen LogP contribution is 2.27. The maximum absolute atomic E-state index is 14.3. The fraction of sp³-hybridized carbons (Fsp3) is 0.273. The largest absolute Gasteiger partial charge is 0.370 e. The summed E-state index contributed by atoms with van der Waals surface area (Å²) in [7, 11) is 1.65. The minimum Gasteiger partial charge on any atom is -0.370 e. The van der Waals surface area contributed by atoms with Crippen LogP contribution in [0.3, 0.4) is 0 Å². The van der Waals surface area contributed by atoms with Gasteiger partial charge < -0.3 is 9.80 Å². The Labute approximate surface area is 172 Å². The summed E-state index contributed by atoms with van der Waals surface area (Å²) in [5.74, 6) is -1.99. The summed E-state index contributed by atoms with van der Waals surface area (Å²) in [6, 6.07) is 9.51. The third kappa shape index (κ3) is 4.03. The average Bonchev–Trinajstić information content (AvgIpc) is 2.94. The number of anilines is 1. The van der Waals surface area contributed by atoms with Crippen LogP contribution in [0.5, 0.6) is 0 Å². The lowest BCUT2D eigenvalue weighted by molar-refractivity contribution is 0.0767. The van der Waals surface area contributed by atoms with E-state index in [9.17, 15) is 18.0 Å². The van der Waals surface area contributed by atoms with E-state index < -0.39 is 11.6 Å². The number of halogens is 3. The lowest BCUT2D eigenvalue weighted by Gasteiger charge is -2.23. The molecule has 8 heteroatoms. The highest BCUT2D eigenvalue weighted by atomic mass is 19.1. The van der Waals surface area contributed by atoms with Crippen molar-refractivity contribution in [2.24, 2.45) is 7.05 Å². The molecular formula is C22H21F3N4O. The quantitative estimate of drug-likeness (QED) is 0.654. The van der Waals surface area contributed by atoms with Crippen LogP contribution in [-0.2, 0) is 7.05 Å². The number of hydrogen-bond acceptors (Lipinski definition) is 3. The summed E-state index contributed by atoms with van der Waals surface area (Å²) in [6.07, 6.45) is 2.30. The van der Waals surface area contributed by atoms with Crippen LogP contribution in [0.2, 0.25) is 0 Å². The SMILES string of the molecule is Cn1cc(C(=O)N2CCCN(c3ccc(F)cc3)CC2)c(-c2ccc(F)cc2F)n1. The van der Waals surface area contributed by atoms with Gasteiger partial charge in [0.25, 0.3) is 5.91 Å². The van der Waals surface area contributed by atoms with Gasteiger partial charge in [0.05, 0.1) is 5.56 Å². The molecule has 0 aliphatic carbocycles. The molecule has 0 spiro atoms. The van der Waals surface area contributed by atoms with Crippen LogP contribution in [0.4, 0.5) is 18.9 Å². The molecule has 0 unspecified atom stereocenters. The Morgan fingerprint density at radius 3 is 2.40 bits per heavy atom. The number of amides is 1. The third-order valence-electron chi connectivity index (χ3n) is 5.22. The van der Waals surface area contributed by atoms with Crippen molar-refractivity contribution in [1.29, 1.82) is 0 Å². The van der Waals surface area contributed by atoms with E-state index in [1.165, 1.54) is 22.9 Å². The van der Waals surface area contributed by atoms with Crippen LogP contribution in [-0.4, -0.2) is 46.8 Å². The predicted octanol–water partition coefficient (Wildman–Crippen LogP) is 3.86. The van der Waals surface area contributed by atoms with Crippen LogP contribution in [0.15, 0.2) is 48.7 Å². The van der Waals surface area contributed by atoms with Gasteiger partial charge in [0.1, 0.15) is 23.1 Å². The van der Waals surface area contributed by atoms with Crippen LogP contribution >= 0.6 is 0 Å². The van der Waals surface area contributed by atoms with Crippen molar-refractivity contribution < 1.29 is 18.0 Å². The highest BCUT2D eigenvalue weighted by molar-refractivity contribution is 6.00. The van der Waals surface area contributed by atoms with Crippen LogP contribution < -0.4 is 4.90 Å². The monoisotopic (exact) mass is 414 g/mol. The summed E-state index contributed by atoms with van der Waals surface area (Å²) >= 11 is 0. The lowest BCUT2D eigenvalue weighted by Crippen LogP contribution is -2.35. The van der Waals surface area contributed by atoms with E-state index in [-0.39, 0.29) is 28.5 Å². The highest BCUT2D eigenvalue weighted by Gasteiger charge is 2.26. The molecule has 1 aliphatic rings. The molecular weight excluding hydrogens is 393 g/mol. The first kappa shape index (κ1) is 20.0. The number of carbonyl (C=O) groups excluding carboxylic acids is 1. The molecule has 1 aromatic heterocycles. The summed E-state index contributed by atoms with van der Waals surface area (Å²) in [6.45, 7) is 2.34. The number of benzene rings is 2. The van der Waals surface area contributed by atoms with E-state index in [1.54, 1.807) is 30.3 Å².